The van der Waals surface area contributed by atoms with E-state index in [0.717, 1.165) is 0 Å². The molecule has 0 heterocycles. The summed E-state index contributed by atoms with van der Waals surface area (Å²) in [4.78, 5) is 0. The Kier molecular flexibility index (Phi) is 3.25. The van der Waals surface area contributed by atoms with Crippen LogP contribution in [0.25, 0.3) is 0 Å². The highest BCUT2D eigenvalue weighted by atomic mass is 16.3. The second kappa shape index (κ2) is 4.37. The standard InChI is InChI=1S/C15H24O/c1-11-5-4-6-12(2)9-14-13(8-7-11)15(14,3)10-16/h5,9,13-14,16H,4,6-8,10H2,1-3H3/b11-5-,12-9-/t13-,14+,15-/m0/s1. The maximum atomic E-state index is 9.53. The predicted molar refractivity (Wildman–Crippen MR) is 68.2 cm³/mol. The van der Waals surface area contributed by atoms with E-state index in [2.05, 4.69) is 32.9 Å². The number of fused-ring (bicyclic) bond motifs is 1. The molecule has 0 aliphatic heterocycles. The molecule has 0 radical (unpaired) electrons. The Hall–Kier alpha value is -0.560. The van der Waals surface area contributed by atoms with Crippen molar-refractivity contribution in [1.29, 1.82) is 0 Å². The zero-order valence-corrected chi connectivity index (χ0v) is 10.8. The van der Waals surface area contributed by atoms with Gasteiger partial charge in [0.2, 0.25) is 0 Å². The van der Waals surface area contributed by atoms with Gasteiger partial charge in [0.25, 0.3) is 0 Å². The van der Waals surface area contributed by atoms with Crippen molar-refractivity contribution in [3.8, 4) is 0 Å². The predicted octanol–water partition coefficient (Wildman–Crippen LogP) is 3.70. The van der Waals surface area contributed by atoms with Crippen LogP contribution in [0.5, 0.6) is 0 Å². The van der Waals surface area contributed by atoms with Crippen LogP contribution >= 0.6 is 0 Å². The summed E-state index contributed by atoms with van der Waals surface area (Å²) in [7, 11) is 0. The Morgan fingerprint density at radius 3 is 2.75 bits per heavy atom. The third-order valence-corrected chi connectivity index (χ3v) is 4.62. The second-order valence-electron chi connectivity index (χ2n) is 5.94. The van der Waals surface area contributed by atoms with Crippen LogP contribution in [0, 0.1) is 17.3 Å². The molecule has 16 heavy (non-hydrogen) atoms. The van der Waals surface area contributed by atoms with E-state index >= 15 is 0 Å². The van der Waals surface area contributed by atoms with Crippen molar-refractivity contribution in [1.82, 2.24) is 0 Å². The van der Waals surface area contributed by atoms with E-state index < -0.39 is 0 Å². The summed E-state index contributed by atoms with van der Waals surface area (Å²) >= 11 is 0. The van der Waals surface area contributed by atoms with Gasteiger partial charge in [-0.05, 0) is 51.4 Å². The SMILES string of the molecule is C/C1=C/[C@@H]2[C@H](CC/C(C)=C\CC1)[C@]2(C)CO. The van der Waals surface area contributed by atoms with Crippen molar-refractivity contribution in [3.63, 3.8) is 0 Å². The van der Waals surface area contributed by atoms with Gasteiger partial charge in [-0.1, -0.05) is 30.2 Å². The molecule has 2 rings (SSSR count). The first-order chi connectivity index (χ1) is 7.58. The monoisotopic (exact) mass is 220 g/mol. The van der Waals surface area contributed by atoms with Crippen LogP contribution in [0.15, 0.2) is 23.3 Å². The van der Waals surface area contributed by atoms with Gasteiger partial charge in [-0.25, -0.2) is 0 Å². The molecule has 1 saturated carbocycles. The zero-order chi connectivity index (χ0) is 11.8. The van der Waals surface area contributed by atoms with Gasteiger partial charge in [-0.2, -0.15) is 0 Å². The van der Waals surface area contributed by atoms with Crippen molar-refractivity contribution in [2.75, 3.05) is 6.61 Å². The molecule has 0 amide bonds. The quantitative estimate of drug-likeness (QED) is 0.668. The minimum absolute atomic E-state index is 0.173. The summed E-state index contributed by atoms with van der Waals surface area (Å²) < 4.78 is 0. The lowest BCUT2D eigenvalue weighted by molar-refractivity contribution is 0.205. The van der Waals surface area contributed by atoms with Crippen molar-refractivity contribution >= 4 is 0 Å². The molecule has 0 saturated heterocycles. The zero-order valence-electron chi connectivity index (χ0n) is 10.8. The minimum Gasteiger partial charge on any atom is -0.396 e. The summed E-state index contributed by atoms with van der Waals surface area (Å²) in [6.45, 7) is 7.06. The fourth-order valence-electron chi connectivity index (χ4n) is 3.16. The fraction of sp³-hybridized carbons (Fsp3) is 0.733. The van der Waals surface area contributed by atoms with Gasteiger partial charge < -0.3 is 5.11 Å². The van der Waals surface area contributed by atoms with Crippen molar-refractivity contribution in [2.45, 2.75) is 46.5 Å². The average molecular weight is 220 g/mol. The summed E-state index contributed by atoms with van der Waals surface area (Å²) in [6.07, 6.45) is 9.63. The van der Waals surface area contributed by atoms with Gasteiger partial charge in [0.1, 0.15) is 0 Å². The second-order valence-corrected chi connectivity index (χ2v) is 5.94. The molecule has 3 atom stereocenters. The van der Waals surface area contributed by atoms with Crippen molar-refractivity contribution in [3.05, 3.63) is 23.3 Å². The molecule has 2 aliphatic rings. The third-order valence-electron chi connectivity index (χ3n) is 4.62. The Balaban J connectivity index is 2.15. The molecule has 0 spiro atoms. The van der Waals surface area contributed by atoms with Crippen LogP contribution < -0.4 is 0 Å². The van der Waals surface area contributed by atoms with E-state index in [1.54, 1.807) is 0 Å². The number of aliphatic hydroxyl groups is 1. The first kappa shape index (κ1) is 11.9. The highest BCUT2D eigenvalue weighted by Gasteiger charge is 2.58. The van der Waals surface area contributed by atoms with E-state index in [-0.39, 0.29) is 5.41 Å². The molecule has 2 aliphatic carbocycles. The first-order valence-electron chi connectivity index (χ1n) is 6.51. The van der Waals surface area contributed by atoms with Crippen LogP contribution in [-0.4, -0.2) is 11.7 Å². The highest BCUT2D eigenvalue weighted by molar-refractivity contribution is 5.21. The van der Waals surface area contributed by atoms with Gasteiger partial charge in [0.05, 0.1) is 0 Å². The molecule has 1 N–H and O–H groups in total. The van der Waals surface area contributed by atoms with Gasteiger partial charge >= 0.3 is 0 Å². The Bertz CT molecular complexity index is 326. The first-order valence-corrected chi connectivity index (χ1v) is 6.51. The molecule has 0 aromatic heterocycles. The molecule has 0 unspecified atom stereocenters. The number of aliphatic hydroxyl groups excluding tert-OH is 1. The average Bonchev–Trinajstić information content (AvgIpc) is 2.81. The summed E-state index contributed by atoms with van der Waals surface area (Å²) in [5.41, 5.74) is 3.20. The van der Waals surface area contributed by atoms with Crippen LogP contribution in [0.1, 0.15) is 46.5 Å². The van der Waals surface area contributed by atoms with E-state index in [9.17, 15) is 5.11 Å². The van der Waals surface area contributed by atoms with Gasteiger partial charge in [0.15, 0.2) is 0 Å². The van der Waals surface area contributed by atoms with Crippen LogP contribution in [-0.2, 0) is 0 Å². The molecule has 1 nitrogen and oxygen atoms in total. The maximum absolute atomic E-state index is 9.53. The van der Waals surface area contributed by atoms with E-state index in [4.69, 9.17) is 0 Å². The Morgan fingerprint density at radius 2 is 2.06 bits per heavy atom. The molecule has 0 aromatic rings. The number of rotatable bonds is 1. The molecule has 1 fully saturated rings. The number of hydrogen-bond acceptors (Lipinski definition) is 1. The summed E-state index contributed by atoms with van der Waals surface area (Å²) in [5, 5.41) is 9.53. The fourth-order valence-corrected chi connectivity index (χ4v) is 3.16. The van der Waals surface area contributed by atoms with Crippen molar-refractivity contribution < 1.29 is 5.11 Å². The van der Waals surface area contributed by atoms with Crippen molar-refractivity contribution in [2.24, 2.45) is 17.3 Å². The lowest BCUT2D eigenvalue weighted by Gasteiger charge is -2.06. The van der Waals surface area contributed by atoms with E-state index in [0.29, 0.717) is 18.4 Å². The third kappa shape index (κ3) is 2.10. The lowest BCUT2D eigenvalue weighted by atomic mass is 10.0. The van der Waals surface area contributed by atoms with E-state index in [1.807, 2.05) is 0 Å². The lowest BCUT2D eigenvalue weighted by Crippen LogP contribution is -2.05. The summed E-state index contributed by atoms with van der Waals surface area (Å²) in [6, 6.07) is 0. The molecule has 90 valence electrons. The molecular formula is C15H24O. The summed E-state index contributed by atoms with van der Waals surface area (Å²) in [5.74, 6) is 1.33. The molecule has 0 aromatic carbocycles. The van der Waals surface area contributed by atoms with E-state index in [1.165, 1.54) is 36.8 Å². The molecule has 1 heteroatoms. The Labute approximate surface area is 99.3 Å². The normalized spacial score (nSPS) is 46.0. The molecular weight excluding hydrogens is 196 g/mol. The Morgan fingerprint density at radius 1 is 1.31 bits per heavy atom. The van der Waals surface area contributed by atoms with Gasteiger partial charge in [-0.3, -0.25) is 0 Å². The smallest absolute Gasteiger partial charge is 0.0493 e. The number of hydrogen-bond donors (Lipinski definition) is 1. The molecule has 0 bridgehead atoms. The van der Waals surface area contributed by atoms with Gasteiger partial charge in [0, 0.05) is 12.0 Å². The highest BCUT2D eigenvalue weighted by Crippen LogP contribution is 2.61. The van der Waals surface area contributed by atoms with Crippen LogP contribution in [0.2, 0.25) is 0 Å². The van der Waals surface area contributed by atoms with Crippen LogP contribution in [0.3, 0.4) is 0 Å². The topological polar surface area (TPSA) is 20.2 Å². The number of allylic oxidation sites excluding steroid dienone is 4. The van der Waals surface area contributed by atoms with Crippen LogP contribution in [0.4, 0.5) is 0 Å². The largest absolute Gasteiger partial charge is 0.396 e. The maximum Gasteiger partial charge on any atom is 0.0493 e. The minimum atomic E-state index is 0.173. The van der Waals surface area contributed by atoms with Gasteiger partial charge in [-0.15, -0.1) is 0 Å².